The van der Waals surface area contributed by atoms with Gasteiger partial charge in [-0.05, 0) is 13.3 Å². The Labute approximate surface area is 158 Å². The van der Waals surface area contributed by atoms with Gasteiger partial charge in [-0.25, -0.2) is 0 Å². The van der Waals surface area contributed by atoms with Crippen LogP contribution in [-0.2, 0) is 4.79 Å². The Morgan fingerprint density at radius 2 is 1.88 bits per heavy atom. The first-order chi connectivity index (χ1) is 10.6. The van der Waals surface area contributed by atoms with Gasteiger partial charge in [0.2, 0.25) is 5.91 Å². The van der Waals surface area contributed by atoms with E-state index in [9.17, 15) is 9.90 Å². The standard InChI is InChI=1S/C16H32N4O2.2ClH/c1-3-15-13-18(10-11-20(15)12-14(2)21)7-4-16(22)19-8-5-17-6-9-19;;/h14-15,17,21H,3-13H2,1-2H3;2*1H. The first-order valence-electron chi connectivity index (χ1n) is 8.73. The fraction of sp³-hybridized carbons (Fsp3) is 0.938. The SMILES string of the molecule is CCC1CN(CCC(=O)N2CCNCC2)CCN1CC(C)O.Cl.Cl. The van der Waals surface area contributed by atoms with E-state index in [1.165, 1.54) is 0 Å². The van der Waals surface area contributed by atoms with E-state index < -0.39 is 0 Å². The largest absolute Gasteiger partial charge is 0.392 e. The number of aliphatic hydroxyl groups is 1. The third kappa shape index (κ3) is 7.42. The minimum Gasteiger partial charge on any atom is -0.392 e. The van der Waals surface area contributed by atoms with Crippen molar-refractivity contribution in [1.29, 1.82) is 0 Å². The number of nitrogens with zero attached hydrogens (tertiary/aromatic N) is 3. The highest BCUT2D eigenvalue weighted by Gasteiger charge is 2.27. The number of amides is 1. The molecule has 0 aromatic heterocycles. The van der Waals surface area contributed by atoms with Gasteiger partial charge >= 0.3 is 0 Å². The molecular weight excluding hydrogens is 351 g/mol. The molecule has 0 radical (unpaired) electrons. The molecule has 2 saturated heterocycles. The third-order valence-corrected chi connectivity index (χ3v) is 4.77. The van der Waals surface area contributed by atoms with Gasteiger partial charge in [0.15, 0.2) is 0 Å². The number of carbonyl (C=O) groups excluding carboxylic acids is 1. The molecule has 2 heterocycles. The average molecular weight is 385 g/mol. The summed E-state index contributed by atoms with van der Waals surface area (Å²) in [7, 11) is 0. The molecule has 0 bridgehead atoms. The molecule has 2 rings (SSSR count). The smallest absolute Gasteiger partial charge is 0.223 e. The molecule has 8 heteroatoms. The van der Waals surface area contributed by atoms with Crippen molar-refractivity contribution in [3.05, 3.63) is 0 Å². The van der Waals surface area contributed by atoms with Gasteiger partial charge in [-0.15, -0.1) is 24.8 Å². The van der Waals surface area contributed by atoms with Crippen LogP contribution in [0.3, 0.4) is 0 Å². The van der Waals surface area contributed by atoms with Crippen LogP contribution < -0.4 is 5.32 Å². The second kappa shape index (κ2) is 12.3. The highest BCUT2D eigenvalue weighted by molar-refractivity contribution is 5.85. The van der Waals surface area contributed by atoms with Crippen LogP contribution in [0.2, 0.25) is 0 Å². The summed E-state index contributed by atoms with van der Waals surface area (Å²) >= 11 is 0. The predicted molar refractivity (Wildman–Crippen MR) is 102 cm³/mol. The van der Waals surface area contributed by atoms with Crippen molar-refractivity contribution < 1.29 is 9.90 Å². The zero-order valence-corrected chi connectivity index (χ0v) is 16.6. The number of carbonyl (C=O) groups is 1. The van der Waals surface area contributed by atoms with Gasteiger partial charge in [0, 0.05) is 71.4 Å². The summed E-state index contributed by atoms with van der Waals surface area (Å²) in [4.78, 5) is 19.0. The first kappa shape index (κ1) is 23.9. The van der Waals surface area contributed by atoms with Gasteiger partial charge in [-0.2, -0.15) is 0 Å². The van der Waals surface area contributed by atoms with Crippen LogP contribution in [0.1, 0.15) is 26.7 Å². The maximum Gasteiger partial charge on any atom is 0.223 e. The maximum absolute atomic E-state index is 12.2. The van der Waals surface area contributed by atoms with Crippen molar-refractivity contribution in [2.45, 2.75) is 38.8 Å². The van der Waals surface area contributed by atoms with Gasteiger partial charge in [-0.1, -0.05) is 6.92 Å². The van der Waals surface area contributed by atoms with Crippen molar-refractivity contribution in [3.63, 3.8) is 0 Å². The molecule has 0 aliphatic carbocycles. The zero-order chi connectivity index (χ0) is 15.9. The summed E-state index contributed by atoms with van der Waals surface area (Å²) in [5, 5.41) is 12.9. The molecule has 0 aromatic rings. The number of aliphatic hydroxyl groups excluding tert-OH is 1. The third-order valence-electron chi connectivity index (χ3n) is 4.77. The van der Waals surface area contributed by atoms with Crippen molar-refractivity contribution >= 4 is 30.7 Å². The van der Waals surface area contributed by atoms with Gasteiger partial charge < -0.3 is 15.3 Å². The molecule has 0 aromatic carbocycles. The summed E-state index contributed by atoms with van der Waals surface area (Å²) in [6, 6.07) is 0.498. The Morgan fingerprint density at radius 1 is 1.21 bits per heavy atom. The summed E-state index contributed by atoms with van der Waals surface area (Å²) in [5.74, 6) is 0.293. The summed E-state index contributed by atoms with van der Waals surface area (Å²) in [6.07, 6.45) is 1.46. The van der Waals surface area contributed by atoms with Crippen LogP contribution >= 0.6 is 24.8 Å². The quantitative estimate of drug-likeness (QED) is 0.695. The highest BCUT2D eigenvalue weighted by atomic mass is 35.5. The van der Waals surface area contributed by atoms with Crippen LogP contribution in [0, 0.1) is 0 Å². The van der Waals surface area contributed by atoms with Crippen LogP contribution in [0.4, 0.5) is 0 Å². The minimum atomic E-state index is -0.269. The Morgan fingerprint density at radius 3 is 2.46 bits per heavy atom. The van der Waals surface area contributed by atoms with Crippen molar-refractivity contribution in [2.24, 2.45) is 0 Å². The summed E-state index contributed by atoms with van der Waals surface area (Å²) in [6.45, 7) is 12.2. The lowest BCUT2D eigenvalue weighted by Crippen LogP contribution is -2.55. The van der Waals surface area contributed by atoms with E-state index in [0.29, 0.717) is 18.4 Å². The van der Waals surface area contributed by atoms with E-state index in [0.717, 1.165) is 65.3 Å². The molecule has 2 aliphatic heterocycles. The van der Waals surface area contributed by atoms with E-state index in [1.807, 2.05) is 11.8 Å². The normalized spacial score (nSPS) is 24.0. The molecule has 2 N–H and O–H groups in total. The molecule has 1 amide bonds. The number of hydrogen-bond acceptors (Lipinski definition) is 5. The fourth-order valence-corrected chi connectivity index (χ4v) is 3.45. The van der Waals surface area contributed by atoms with Gasteiger partial charge in [-0.3, -0.25) is 14.6 Å². The molecule has 2 unspecified atom stereocenters. The van der Waals surface area contributed by atoms with Crippen LogP contribution in [0.25, 0.3) is 0 Å². The van der Waals surface area contributed by atoms with E-state index in [2.05, 4.69) is 22.0 Å². The Bertz CT molecular complexity index is 355. The minimum absolute atomic E-state index is 0. The number of hydrogen-bond donors (Lipinski definition) is 2. The second-order valence-corrected chi connectivity index (χ2v) is 6.59. The molecular formula is C16H34Cl2N4O2. The lowest BCUT2D eigenvalue weighted by atomic mass is 10.1. The average Bonchev–Trinajstić information content (AvgIpc) is 2.54. The van der Waals surface area contributed by atoms with E-state index in [-0.39, 0.29) is 30.9 Å². The topological polar surface area (TPSA) is 59.1 Å². The molecule has 2 aliphatic rings. The lowest BCUT2D eigenvalue weighted by molar-refractivity contribution is -0.132. The number of halogens is 2. The van der Waals surface area contributed by atoms with Gasteiger partial charge in [0.05, 0.1) is 6.10 Å². The number of piperazine rings is 2. The molecule has 0 spiro atoms. The summed E-state index contributed by atoms with van der Waals surface area (Å²) < 4.78 is 0. The maximum atomic E-state index is 12.2. The van der Waals surface area contributed by atoms with Gasteiger partial charge in [0.1, 0.15) is 0 Å². The molecule has 2 fully saturated rings. The second-order valence-electron chi connectivity index (χ2n) is 6.59. The van der Waals surface area contributed by atoms with Crippen molar-refractivity contribution in [2.75, 3.05) is 58.9 Å². The number of rotatable bonds is 6. The molecule has 2 atom stereocenters. The Kier molecular flexibility index (Phi) is 12.2. The van der Waals surface area contributed by atoms with Crippen LogP contribution in [0.5, 0.6) is 0 Å². The Hall–Kier alpha value is -0.110. The van der Waals surface area contributed by atoms with Gasteiger partial charge in [0.25, 0.3) is 0 Å². The van der Waals surface area contributed by atoms with E-state index in [1.54, 1.807) is 0 Å². The first-order valence-corrected chi connectivity index (χ1v) is 8.73. The highest BCUT2D eigenvalue weighted by Crippen LogP contribution is 2.14. The fourth-order valence-electron chi connectivity index (χ4n) is 3.45. The molecule has 6 nitrogen and oxygen atoms in total. The van der Waals surface area contributed by atoms with Crippen LogP contribution in [-0.4, -0.2) is 96.8 Å². The molecule has 144 valence electrons. The number of nitrogens with one attached hydrogen (secondary N) is 1. The predicted octanol–water partition coefficient (Wildman–Crippen LogP) is 0.429. The van der Waals surface area contributed by atoms with E-state index in [4.69, 9.17) is 0 Å². The molecule has 24 heavy (non-hydrogen) atoms. The number of β-amino-alcohol motifs (C(OH)–C–C–N with tert-alkyl or cyclic N) is 1. The zero-order valence-electron chi connectivity index (χ0n) is 14.9. The Balaban J connectivity index is 0.00000264. The lowest BCUT2D eigenvalue weighted by Gasteiger charge is -2.41. The van der Waals surface area contributed by atoms with Crippen molar-refractivity contribution in [3.8, 4) is 0 Å². The van der Waals surface area contributed by atoms with Crippen molar-refractivity contribution in [1.82, 2.24) is 20.0 Å². The summed E-state index contributed by atoms with van der Waals surface area (Å²) in [5.41, 5.74) is 0. The monoisotopic (exact) mass is 384 g/mol. The van der Waals surface area contributed by atoms with E-state index >= 15 is 0 Å². The van der Waals surface area contributed by atoms with Crippen LogP contribution in [0.15, 0.2) is 0 Å². The molecule has 0 saturated carbocycles.